The molecule has 1 fully saturated rings. The fourth-order valence-corrected chi connectivity index (χ4v) is 1.37. The van der Waals surface area contributed by atoms with Crippen molar-refractivity contribution in [2.45, 2.75) is 25.8 Å². The molecule has 0 saturated carbocycles. The van der Waals surface area contributed by atoms with Crippen LogP contribution in [0.5, 0.6) is 0 Å². The summed E-state index contributed by atoms with van der Waals surface area (Å²) >= 11 is 0. The van der Waals surface area contributed by atoms with Crippen LogP contribution in [0.4, 0.5) is 0 Å². The molecule has 2 N–H and O–H groups in total. The van der Waals surface area contributed by atoms with E-state index in [0.29, 0.717) is 0 Å². The molecule has 1 atom stereocenters. The van der Waals surface area contributed by atoms with Gasteiger partial charge in [0.15, 0.2) is 0 Å². The Balaban J connectivity index is 0.00000121. The van der Waals surface area contributed by atoms with E-state index < -0.39 is 0 Å². The second-order valence-corrected chi connectivity index (χ2v) is 3.22. The Kier molecular flexibility index (Phi) is 5.46. The second-order valence-electron chi connectivity index (χ2n) is 3.22. The van der Waals surface area contributed by atoms with Gasteiger partial charge in [-0.15, -0.1) is 12.4 Å². The number of carbonyl (C=O) groups excluding carboxylic acids is 1. The normalized spacial score (nSPS) is 20.2. The average molecular weight is 193 g/mol. The molecule has 4 heteroatoms. The van der Waals surface area contributed by atoms with Crippen molar-refractivity contribution < 1.29 is 4.79 Å². The van der Waals surface area contributed by atoms with Crippen LogP contribution in [0.1, 0.15) is 19.8 Å². The van der Waals surface area contributed by atoms with Crippen molar-refractivity contribution in [2.24, 2.45) is 5.73 Å². The van der Waals surface area contributed by atoms with Gasteiger partial charge in [0.25, 0.3) is 0 Å². The lowest BCUT2D eigenvalue weighted by Gasteiger charge is -2.17. The summed E-state index contributed by atoms with van der Waals surface area (Å²) < 4.78 is 0. The van der Waals surface area contributed by atoms with Gasteiger partial charge in [-0.05, 0) is 32.9 Å². The van der Waals surface area contributed by atoms with E-state index in [9.17, 15) is 4.79 Å². The number of hydrogen-bond acceptors (Lipinski definition) is 3. The maximum Gasteiger partial charge on any atom is 0.147 e. The number of nitrogens with zero attached hydrogens (tertiary/aromatic N) is 1. The van der Waals surface area contributed by atoms with Gasteiger partial charge in [0, 0.05) is 6.54 Å². The van der Waals surface area contributed by atoms with Gasteiger partial charge in [-0.2, -0.15) is 0 Å². The first-order valence-corrected chi connectivity index (χ1v) is 4.18. The quantitative estimate of drug-likeness (QED) is 0.705. The fraction of sp³-hybridized carbons (Fsp3) is 0.875. The summed E-state index contributed by atoms with van der Waals surface area (Å²) in [6.45, 7) is 4.53. The van der Waals surface area contributed by atoms with Crippen LogP contribution < -0.4 is 5.73 Å². The van der Waals surface area contributed by atoms with Gasteiger partial charge in [-0.25, -0.2) is 0 Å². The monoisotopic (exact) mass is 192 g/mol. The zero-order valence-electron chi connectivity index (χ0n) is 7.45. The van der Waals surface area contributed by atoms with E-state index in [-0.39, 0.29) is 24.2 Å². The third kappa shape index (κ3) is 3.52. The summed E-state index contributed by atoms with van der Waals surface area (Å²) in [5, 5.41) is 0. The molecule has 0 aromatic heterocycles. The minimum atomic E-state index is -0.270. The standard InChI is InChI=1S/C8H16N2O.ClH/c1-7(11)8(9)6-10-4-2-3-5-10;/h8H,2-6,9H2,1H3;1H. The van der Waals surface area contributed by atoms with Crippen molar-refractivity contribution in [1.82, 2.24) is 4.90 Å². The molecule has 1 saturated heterocycles. The highest BCUT2D eigenvalue weighted by molar-refractivity contribution is 5.85. The number of Topliss-reactive ketones (excluding diaryl/α,β-unsaturated/α-hetero) is 1. The molecule has 0 aromatic rings. The van der Waals surface area contributed by atoms with Crippen molar-refractivity contribution in [3.05, 3.63) is 0 Å². The van der Waals surface area contributed by atoms with Crippen LogP contribution >= 0.6 is 12.4 Å². The number of carbonyl (C=O) groups is 1. The molecule has 0 amide bonds. The van der Waals surface area contributed by atoms with Crippen LogP contribution in [0.2, 0.25) is 0 Å². The predicted molar refractivity (Wildman–Crippen MR) is 51.6 cm³/mol. The number of hydrogen-bond donors (Lipinski definition) is 1. The third-order valence-corrected chi connectivity index (χ3v) is 2.18. The fourth-order valence-electron chi connectivity index (χ4n) is 1.37. The molecule has 0 radical (unpaired) electrons. The van der Waals surface area contributed by atoms with Crippen LogP contribution in [0, 0.1) is 0 Å². The van der Waals surface area contributed by atoms with Gasteiger partial charge in [-0.3, -0.25) is 4.79 Å². The van der Waals surface area contributed by atoms with Gasteiger partial charge >= 0.3 is 0 Å². The molecule has 1 heterocycles. The zero-order chi connectivity index (χ0) is 8.27. The molecule has 0 aliphatic carbocycles. The van der Waals surface area contributed by atoms with Crippen molar-refractivity contribution in [3.8, 4) is 0 Å². The average Bonchev–Trinajstić information content (AvgIpc) is 2.39. The van der Waals surface area contributed by atoms with E-state index >= 15 is 0 Å². The summed E-state index contributed by atoms with van der Waals surface area (Å²) in [7, 11) is 0. The molecule has 3 nitrogen and oxygen atoms in total. The Morgan fingerprint density at radius 3 is 2.42 bits per heavy atom. The maximum absolute atomic E-state index is 10.8. The highest BCUT2D eigenvalue weighted by atomic mass is 35.5. The summed E-state index contributed by atoms with van der Waals surface area (Å²) in [6.07, 6.45) is 2.51. The van der Waals surface area contributed by atoms with E-state index in [1.165, 1.54) is 12.8 Å². The van der Waals surface area contributed by atoms with Gasteiger partial charge in [0.1, 0.15) is 5.78 Å². The summed E-state index contributed by atoms with van der Waals surface area (Å²) in [6, 6.07) is -0.270. The number of rotatable bonds is 3. The zero-order valence-corrected chi connectivity index (χ0v) is 8.27. The molecule has 1 unspecified atom stereocenters. The maximum atomic E-state index is 10.8. The molecule has 0 aromatic carbocycles. The number of nitrogens with two attached hydrogens (primary N) is 1. The van der Waals surface area contributed by atoms with Gasteiger partial charge in [0.2, 0.25) is 0 Å². The van der Waals surface area contributed by atoms with Gasteiger partial charge < -0.3 is 10.6 Å². The Labute approximate surface area is 79.7 Å². The first-order valence-electron chi connectivity index (χ1n) is 4.18. The van der Waals surface area contributed by atoms with Crippen LogP contribution in [0.3, 0.4) is 0 Å². The number of halogens is 1. The molecule has 1 aliphatic rings. The third-order valence-electron chi connectivity index (χ3n) is 2.18. The first-order chi connectivity index (χ1) is 5.20. The Bertz CT molecular complexity index is 146. The number of ketones is 1. The predicted octanol–water partition coefficient (Wildman–Crippen LogP) is 0.420. The molecule has 1 rings (SSSR count). The summed E-state index contributed by atoms with van der Waals surface area (Å²) in [4.78, 5) is 13.0. The molecular weight excluding hydrogens is 176 g/mol. The van der Waals surface area contributed by atoms with E-state index in [2.05, 4.69) is 4.90 Å². The lowest BCUT2D eigenvalue weighted by atomic mass is 10.2. The molecule has 0 spiro atoms. The van der Waals surface area contributed by atoms with E-state index in [4.69, 9.17) is 5.73 Å². The van der Waals surface area contributed by atoms with Crippen LogP contribution in [-0.4, -0.2) is 36.4 Å². The second kappa shape index (κ2) is 5.51. The minimum absolute atomic E-state index is 0. The Morgan fingerprint density at radius 2 is 2.00 bits per heavy atom. The lowest BCUT2D eigenvalue weighted by Crippen LogP contribution is -2.40. The Hall–Kier alpha value is -0.120. The van der Waals surface area contributed by atoms with Crippen LogP contribution in [0.15, 0.2) is 0 Å². The van der Waals surface area contributed by atoms with Crippen molar-refractivity contribution >= 4 is 18.2 Å². The molecule has 12 heavy (non-hydrogen) atoms. The Morgan fingerprint density at radius 1 is 1.50 bits per heavy atom. The SMILES string of the molecule is CC(=O)C(N)CN1CCCC1.Cl. The molecule has 1 aliphatic heterocycles. The first kappa shape index (κ1) is 11.9. The highest BCUT2D eigenvalue weighted by Gasteiger charge is 2.16. The van der Waals surface area contributed by atoms with Crippen LogP contribution in [0.25, 0.3) is 0 Å². The molecule has 72 valence electrons. The van der Waals surface area contributed by atoms with Crippen molar-refractivity contribution in [2.75, 3.05) is 19.6 Å². The largest absolute Gasteiger partial charge is 0.320 e. The van der Waals surface area contributed by atoms with Gasteiger partial charge in [-0.1, -0.05) is 0 Å². The van der Waals surface area contributed by atoms with E-state index in [1.54, 1.807) is 6.92 Å². The lowest BCUT2D eigenvalue weighted by molar-refractivity contribution is -0.118. The molecular formula is C8H17ClN2O. The topological polar surface area (TPSA) is 46.3 Å². The smallest absolute Gasteiger partial charge is 0.147 e. The highest BCUT2D eigenvalue weighted by Crippen LogP contribution is 2.06. The van der Waals surface area contributed by atoms with Crippen molar-refractivity contribution in [1.29, 1.82) is 0 Å². The van der Waals surface area contributed by atoms with Gasteiger partial charge in [0.05, 0.1) is 6.04 Å². The summed E-state index contributed by atoms with van der Waals surface area (Å²) in [5.74, 6) is 0.0944. The minimum Gasteiger partial charge on any atom is -0.320 e. The van der Waals surface area contributed by atoms with E-state index in [1.807, 2.05) is 0 Å². The van der Waals surface area contributed by atoms with E-state index in [0.717, 1.165) is 19.6 Å². The number of likely N-dealkylation sites (tertiary alicyclic amines) is 1. The molecule has 0 bridgehead atoms. The van der Waals surface area contributed by atoms with Crippen molar-refractivity contribution in [3.63, 3.8) is 0 Å². The summed E-state index contributed by atoms with van der Waals surface area (Å²) in [5.41, 5.74) is 5.61. The van der Waals surface area contributed by atoms with Crippen LogP contribution in [-0.2, 0) is 4.79 Å².